The van der Waals surface area contributed by atoms with E-state index in [0.29, 0.717) is 18.5 Å². The van der Waals surface area contributed by atoms with Gasteiger partial charge in [-0.2, -0.15) is 0 Å². The van der Waals surface area contributed by atoms with Crippen LogP contribution < -0.4 is 15.5 Å². The van der Waals surface area contributed by atoms with E-state index < -0.39 is 17.5 Å². The highest BCUT2D eigenvalue weighted by atomic mass is 16.2. The summed E-state index contributed by atoms with van der Waals surface area (Å²) in [5, 5.41) is 7.63. The summed E-state index contributed by atoms with van der Waals surface area (Å²) in [5.74, 6) is -0.712. The van der Waals surface area contributed by atoms with E-state index in [1.807, 2.05) is 32.0 Å². The van der Waals surface area contributed by atoms with Gasteiger partial charge in [-0.1, -0.05) is 26.7 Å². The maximum atomic E-state index is 13.1. The highest BCUT2D eigenvalue weighted by molar-refractivity contribution is 6.12. The van der Waals surface area contributed by atoms with Gasteiger partial charge in [0.05, 0.1) is 5.69 Å². The molecule has 2 aromatic rings. The van der Waals surface area contributed by atoms with Gasteiger partial charge in [-0.3, -0.25) is 19.5 Å². The van der Waals surface area contributed by atoms with E-state index in [9.17, 15) is 14.4 Å². The number of piperidine rings is 1. The van der Waals surface area contributed by atoms with Crippen LogP contribution in [-0.2, 0) is 9.59 Å². The van der Waals surface area contributed by atoms with Crippen molar-refractivity contribution in [1.82, 2.24) is 15.2 Å². The second kappa shape index (κ2) is 9.77. The van der Waals surface area contributed by atoms with Gasteiger partial charge in [0.25, 0.3) is 5.91 Å². The molecule has 2 aliphatic heterocycles. The first kappa shape index (κ1) is 23.0. The molecule has 0 spiro atoms. The Morgan fingerprint density at radius 2 is 1.79 bits per heavy atom. The van der Waals surface area contributed by atoms with Crippen LogP contribution >= 0.6 is 0 Å². The van der Waals surface area contributed by atoms with Crippen LogP contribution in [0.4, 0.5) is 16.2 Å². The lowest BCUT2D eigenvalue weighted by atomic mass is 9.88. The number of imide groups is 1. The van der Waals surface area contributed by atoms with Crippen molar-refractivity contribution in [3.63, 3.8) is 0 Å². The number of hydrogen-bond acceptors (Lipinski definition) is 5. The predicted molar refractivity (Wildman–Crippen MR) is 129 cm³/mol. The Kier molecular flexibility index (Phi) is 6.81. The van der Waals surface area contributed by atoms with Crippen LogP contribution in [-0.4, -0.2) is 52.9 Å². The summed E-state index contributed by atoms with van der Waals surface area (Å²) in [6.45, 7) is 5.70. The summed E-state index contributed by atoms with van der Waals surface area (Å²) in [4.78, 5) is 46.2. The molecule has 4 amide bonds. The third-order valence-electron chi connectivity index (χ3n) is 6.67. The molecule has 4 rings (SSSR count). The number of pyridine rings is 1. The Morgan fingerprint density at radius 1 is 1.06 bits per heavy atom. The van der Waals surface area contributed by atoms with Gasteiger partial charge in [0.1, 0.15) is 12.1 Å². The molecule has 2 N–H and O–H groups in total. The zero-order valence-electron chi connectivity index (χ0n) is 19.5. The highest BCUT2D eigenvalue weighted by Gasteiger charge is 2.50. The molecule has 1 aromatic heterocycles. The molecule has 1 aromatic carbocycles. The Labute approximate surface area is 194 Å². The van der Waals surface area contributed by atoms with Crippen LogP contribution in [0.25, 0.3) is 10.8 Å². The quantitative estimate of drug-likeness (QED) is 0.591. The standard InChI is InChI=1S/C25H33N5O3/c1-3-11-25(12-4-2)23(32)30(24(33)28-25)17-22(31)27-20-8-9-21(29-14-6-5-7-15-29)18-10-13-26-16-19(18)20/h8-10,13,16H,3-7,11-12,14-15,17H2,1-2H3,(H,27,31)(H,28,33). The van der Waals surface area contributed by atoms with Gasteiger partial charge in [0.15, 0.2) is 0 Å². The number of rotatable bonds is 8. The third-order valence-corrected chi connectivity index (χ3v) is 6.67. The number of nitrogens with one attached hydrogen (secondary N) is 2. The molecule has 176 valence electrons. The van der Waals surface area contributed by atoms with Gasteiger partial charge in [-0.25, -0.2) is 4.79 Å². The molecule has 0 atom stereocenters. The summed E-state index contributed by atoms with van der Waals surface area (Å²) in [5.41, 5.74) is 0.875. The van der Waals surface area contributed by atoms with Crippen molar-refractivity contribution in [3.05, 3.63) is 30.6 Å². The molecule has 2 aliphatic rings. The number of benzene rings is 1. The summed E-state index contributed by atoms with van der Waals surface area (Å²) in [7, 11) is 0. The van der Waals surface area contributed by atoms with Crippen molar-refractivity contribution in [1.29, 1.82) is 0 Å². The molecule has 0 radical (unpaired) electrons. The SMILES string of the molecule is CCCC1(CCC)NC(=O)N(CC(=O)Nc2ccc(N3CCCCC3)c3ccncc23)C1=O. The Balaban J connectivity index is 1.53. The van der Waals surface area contributed by atoms with Crippen molar-refractivity contribution in [2.45, 2.75) is 64.3 Å². The van der Waals surface area contributed by atoms with Crippen molar-refractivity contribution >= 4 is 40.0 Å². The number of fused-ring (bicyclic) bond motifs is 1. The van der Waals surface area contributed by atoms with Crippen molar-refractivity contribution in [2.24, 2.45) is 0 Å². The van der Waals surface area contributed by atoms with Crippen LogP contribution in [0.3, 0.4) is 0 Å². The fraction of sp³-hybridized carbons (Fsp3) is 0.520. The number of anilines is 2. The molecular formula is C25H33N5O3. The summed E-state index contributed by atoms with van der Waals surface area (Å²) in [6.07, 6.45) is 9.79. The molecular weight excluding hydrogens is 418 g/mol. The van der Waals surface area contributed by atoms with E-state index in [1.54, 1.807) is 12.4 Å². The van der Waals surface area contributed by atoms with E-state index >= 15 is 0 Å². The molecule has 8 heteroatoms. The Morgan fingerprint density at radius 3 is 2.48 bits per heavy atom. The van der Waals surface area contributed by atoms with E-state index in [0.717, 1.165) is 47.3 Å². The summed E-state index contributed by atoms with van der Waals surface area (Å²) in [6, 6.07) is 5.39. The summed E-state index contributed by atoms with van der Waals surface area (Å²) < 4.78 is 0. The zero-order chi connectivity index (χ0) is 23.4. The fourth-order valence-electron chi connectivity index (χ4n) is 5.16. The predicted octanol–water partition coefficient (Wildman–Crippen LogP) is 4.05. The number of aromatic nitrogens is 1. The average Bonchev–Trinajstić information content (AvgIpc) is 3.04. The molecule has 2 fully saturated rings. The van der Waals surface area contributed by atoms with Crippen LogP contribution in [0.2, 0.25) is 0 Å². The second-order valence-corrected chi connectivity index (χ2v) is 9.05. The summed E-state index contributed by atoms with van der Waals surface area (Å²) >= 11 is 0. The fourth-order valence-corrected chi connectivity index (χ4v) is 5.16. The number of carbonyl (C=O) groups excluding carboxylic acids is 3. The van der Waals surface area contributed by atoms with Crippen LogP contribution in [0, 0.1) is 0 Å². The normalized spacial score (nSPS) is 18.0. The first-order valence-corrected chi connectivity index (χ1v) is 12.0. The van der Waals surface area contributed by atoms with Gasteiger partial charge in [-0.15, -0.1) is 0 Å². The molecule has 0 unspecified atom stereocenters. The maximum absolute atomic E-state index is 13.1. The molecule has 0 saturated carbocycles. The third kappa shape index (κ3) is 4.51. The monoisotopic (exact) mass is 451 g/mol. The molecule has 3 heterocycles. The number of amides is 4. The topological polar surface area (TPSA) is 94.6 Å². The van der Waals surface area contributed by atoms with E-state index in [1.165, 1.54) is 19.3 Å². The van der Waals surface area contributed by atoms with Gasteiger partial charge >= 0.3 is 6.03 Å². The minimum absolute atomic E-state index is 0.307. The van der Waals surface area contributed by atoms with Crippen molar-refractivity contribution in [3.8, 4) is 0 Å². The largest absolute Gasteiger partial charge is 0.371 e. The lowest BCUT2D eigenvalue weighted by Gasteiger charge is -2.30. The number of hydrogen-bond donors (Lipinski definition) is 2. The van der Waals surface area contributed by atoms with E-state index in [-0.39, 0.29) is 12.5 Å². The maximum Gasteiger partial charge on any atom is 0.325 e. The lowest BCUT2D eigenvalue weighted by Crippen LogP contribution is -2.47. The highest BCUT2D eigenvalue weighted by Crippen LogP contribution is 2.33. The van der Waals surface area contributed by atoms with Crippen LogP contribution in [0.15, 0.2) is 30.6 Å². The first-order chi connectivity index (χ1) is 16.0. The minimum atomic E-state index is -0.895. The number of nitrogens with zero attached hydrogens (tertiary/aromatic N) is 3. The van der Waals surface area contributed by atoms with Crippen molar-refractivity contribution in [2.75, 3.05) is 29.9 Å². The van der Waals surface area contributed by atoms with E-state index in [2.05, 4.69) is 20.5 Å². The van der Waals surface area contributed by atoms with Gasteiger partial charge in [0.2, 0.25) is 5.91 Å². The molecule has 0 aliphatic carbocycles. The first-order valence-electron chi connectivity index (χ1n) is 12.0. The van der Waals surface area contributed by atoms with Gasteiger partial charge in [0, 0.05) is 41.9 Å². The lowest BCUT2D eigenvalue weighted by molar-refractivity contribution is -0.134. The molecule has 33 heavy (non-hydrogen) atoms. The van der Waals surface area contributed by atoms with Gasteiger partial charge < -0.3 is 15.5 Å². The Bertz CT molecular complexity index is 1040. The zero-order valence-corrected chi connectivity index (χ0v) is 19.5. The number of carbonyl (C=O) groups is 3. The second-order valence-electron chi connectivity index (χ2n) is 9.05. The van der Waals surface area contributed by atoms with Crippen LogP contribution in [0.1, 0.15) is 58.8 Å². The minimum Gasteiger partial charge on any atom is -0.371 e. The Hall–Kier alpha value is -3.16. The van der Waals surface area contributed by atoms with Gasteiger partial charge in [-0.05, 0) is 50.3 Å². The molecule has 8 nitrogen and oxygen atoms in total. The average molecular weight is 452 g/mol. The molecule has 2 saturated heterocycles. The molecule has 0 bridgehead atoms. The number of urea groups is 1. The van der Waals surface area contributed by atoms with Crippen LogP contribution in [0.5, 0.6) is 0 Å². The van der Waals surface area contributed by atoms with E-state index in [4.69, 9.17) is 0 Å². The van der Waals surface area contributed by atoms with Crippen molar-refractivity contribution < 1.29 is 14.4 Å². The smallest absolute Gasteiger partial charge is 0.325 e.